The van der Waals surface area contributed by atoms with Gasteiger partial charge in [-0.1, -0.05) is 32.6 Å². The minimum absolute atomic E-state index is 0.0585. The van der Waals surface area contributed by atoms with E-state index in [2.05, 4.69) is 30.7 Å². The van der Waals surface area contributed by atoms with Crippen molar-refractivity contribution in [2.75, 3.05) is 16.8 Å². The molecular formula is C30H32FN3O5. The number of aromatic nitrogens is 1. The van der Waals surface area contributed by atoms with E-state index in [1.54, 1.807) is 51.1 Å². The molecule has 8 nitrogen and oxygen atoms in total. The average molecular weight is 534 g/mol. The predicted molar refractivity (Wildman–Crippen MR) is 145 cm³/mol. The van der Waals surface area contributed by atoms with Crippen molar-refractivity contribution in [2.45, 2.75) is 53.2 Å². The lowest BCUT2D eigenvalue weighted by molar-refractivity contribution is 0.0756. The molecule has 0 spiro atoms. The number of para-hydroxylation sites is 1. The Morgan fingerprint density at radius 3 is 2.77 bits per heavy atom. The number of aryl methyl sites for hydroxylation is 2. The lowest BCUT2D eigenvalue weighted by atomic mass is 9.85. The average Bonchev–Trinajstić information content (AvgIpc) is 3.14. The number of benzene rings is 2. The van der Waals surface area contributed by atoms with Crippen molar-refractivity contribution in [1.82, 2.24) is 4.98 Å². The molecule has 5 rings (SSSR count). The molecule has 0 saturated carbocycles. The van der Waals surface area contributed by atoms with Gasteiger partial charge in [-0.25, -0.2) is 9.37 Å². The zero-order valence-electron chi connectivity index (χ0n) is 22.7. The van der Waals surface area contributed by atoms with Crippen LogP contribution in [0.3, 0.4) is 0 Å². The van der Waals surface area contributed by atoms with Gasteiger partial charge in [0.25, 0.3) is 5.91 Å². The second-order valence-electron chi connectivity index (χ2n) is 10.7. The van der Waals surface area contributed by atoms with Crippen LogP contribution in [0.5, 0.6) is 11.5 Å². The Balaban J connectivity index is 1.76. The molecule has 2 aliphatic rings. The molecule has 0 fully saturated rings. The van der Waals surface area contributed by atoms with Gasteiger partial charge in [0.15, 0.2) is 11.6 Å². The number of rotatable bonds is 5. The van der Waals surface area contributed by atoms with Gasteiger partial charge < -0.3 is 24.3 Å². The van der Waals surface area contributed by atoms with E-state index in [4.69, 9.17) is 13.9 Å². The summed E-state index contributed by atoms with van der Waals surface area (Å²) in [6.07, 6.45) is 1.85. The van der Waals surface area contributed by atoms with Crippen LogP contribution in [0.15, 0.2) is 64.9 Å². The third kappa shape index (κ3) is 4.84. The topological polar surface area (TPSA) is 97.1 Å². The maximum atomic E-state index is 16.0. The molecule has 2 unspecified atom stereocenters. The zero-order chi connectivity index (χ0) is 28.1. The summed E-state index contributed by atoms with van der Waals surface area (Å²) in [5, 5.41) is 14.2. The Labute approximate surface area is 226 Å². The van der Waals surface area contributed by atoms with Gasteiger partial charge in [0.05, 0.1) is 18.0 Å². The molecule has 2 N–H and O–H groups in total. The maximum absolute atomic E-state index is 16.0. The molecule has 0 bridgehead atoms. The van der Waals surface area contributed by atoms with E-state index in [0.717, 1.165) is 0 Å². The van der Waals surface area contributed by atoms with E-state index >= 15 is 4.39 Å². The smallest absolute Gasteiger partial charge is 0.281 e. The molecule has 39 heavy (non-hydrogen) atoms. The molecular weight excluding hydrogens is 501 g/mol. The third-order valence-electron chi connectivity index (χ3n) is 6.88. The van der Waals surface area contributed by atoms with Gasteiger partial charge in [-0.15, -0.1) is 0 Å². The molecule has 3 aromatic rings. The summed E-state index contributed by atoms with van der Waals surface area (Å²) in [5.41, 5.74) is 1.37. The first-order valence-electron chi connectivity index (χ1n) is 12.8. The van der Waals surface area contributed by atoms with Gasteiger partial charge in [-0.05, 0) is 44.5 Å². The van der Waals surface area contributed by atoms with Crippen molar-refractivity contribution in [3.63, 3.8) is 0 Å². The number of fused-ring (bicyclic) bond motifs is 1. The molecule has 1 amide bonds. The van der Waals surface area contributed by atoms with Gasteiger partial charge in [0.1, 0.15) is 46.7 Å². The fourth-order valence-electron chi connectivity index (χ4n) is 5.01. The van der Waals surface area contributed by atoms with E-state index < -0.39 is 17.8 Å². The van der Waals surface area contributed by atoms with E-state index in [-0.39, 0.29) is 28.5 Å². The molecule has 2 aromatic carbocycles. The van der Waals surface area contributed by atoms with Crippen LogP contribution in [-0.4, -0.2) is 28.7 Å². The summed E-state index contributed by atoms with van der Waals surface area (Å²) < 4.78 is 33.6. The number of nitrogens with one attached hydrogen (secondary N) is 1. The Morgan fingerprint density at radius 1 is 1.33 bits per heavy atom. The van der Waals surface area contributed by atoms with Gasteiger partial charge in [-0.3, -0.25) is 9.69 Å². The highest BCUT2D eigenvalue weighted by atomic mass is 19.1. The monoisotopic (exact) mass is 533 g/mol. The maximum Gasteiger partial charge on any atom is 0.281 e. The Kier molecular flexibility index (Phi) is 6.62. The Morgan fingerprint density at radius 2 is 2.10 bits per heavy atom. The van der Waals surface area contributed by atoms with Gasteiger partial charge >= 0.3 is 0 Å². The molecule has 9 heteroatoms. The summed E-state index contributed by atoms with van der Waals surface area (Å²) in [6, 6.07) is 8.38. The second kappa shape index (κ2) is 9.80. The zero-order valence-corrected chi connectivity index (χ0v) is 22.7. The largest absolute Gasteiger partial charge is 0.506 e. The Hall–Kier alpha value is -4.27. The number of allylic oxidation sites excluding steroid dienone is 1. The quantitative estimate of drug-likeness (QED) is 0.283. The van der Waals surface area contributed by atoms with Crippen LogP contribution >= 0.6 is 0 Å². The lowest BCUT2D eigenvalue weighted by Gasteiger charge is -2.37. The van der Waals surface area contributed by atoms with E-state index in [9.17, 15) is 9.90 Å². The highest BCUT2D eigenvalue weighted by Gasteiger charge is 2.43. The molecule has 3 heterocycles. The molecule has 0 aliphatic carbocycles. The lowest BCUT2D eigenvalue weighted by Crippen LogP contribution is -2.39. The van der Waals surface area contributed by atoms with E-state index in [0.29, 0.717) is 53.3 Å². The molecule has 0 saturated heterocycles. The molecule has 2 atom stereocenters. The summed E-state index contributed by atoms with van der Waals surface area (Å²) in [5.74, 6) is 0.219. The van der Waals surface area contributed by atoms with Crippen LogP contribution < -0.4 is 15.0 Å². The molecule has 2 aliphatic heterocycles. The van der Waals surface area contributed by atoms with Crippen LogP contribution in [0, 0.1) is 25.1 Å². The number of carbonyl (C=O) groups excluding carboxylic acids is 1. The number of ether oxygens (including phenoxy) is 2. The number of halogens is 1. The number of aromatic hydroxyl groups is 1. The van der Waals surface area contributed by atoms with Crippen molar-refractivity contribution in [1.29, 1.82) is 0 Å². The minimum atomic E-state index is -1.01. The number of oxazole rings is 1. The summed E-state index contributed by atoms with van der Waals surface area (Å²) >= 11 is 0. The van der Waals surface area contributed by atoms with Crippen molar-refractivity contribution in [2.24, 2.45) is 5.41 Å². The third-order valence-corrected chi connectivity index (χ3v) is 6.88. The van der Waals surface area contributed by atoms with Crippen LogP contribution in [0.2, 0.25) is 0 Å². The van der Waals surface area contributed by atoms with Crippen LogP contribution in [0.4, 0.5) is 15.8 Å². The number of hydrogen-bond donors (Lipinski definition) is 2. The second-order valence-corrected chi connectivity index (χ2v) is 10.7. The molecule has 204 valence electrons. The van der Waals surface area contributed by atoms with Crippen molar-refractivity contribution in [3.8, 4) is 11.5 Å². The first-order chi connectivity index (χ1) is 18.5. The number of hydrogen-bond acceptors (Lipinski definition) is 7. The van der Waals surface area contributed by atoms with Crippen LogP contribution in [0.25, 0.3) is 0 Å². The standard InChI is InChI=1S/C30H32FN3O5/c1-7-16(2)38-19-11-12-20(21(31)13-19)27-28-22(14-30(5,6)15-37-28)33-26-23(9-8-10-24(26)35)34(27)29(36)25-17(3)39-18(4)32-25/h7-13,16,27,33,35H,1,14-15H2,2-6H3. The Bertz CT molecular complexity index is 1490. The fourth-order valence-corrected chi connectivity index (χ4v) is 5.01. The van der Waals surface area contributed by atoms with Crippen LogP contribution in [-0.2, 0) is 4.74 Å². The van der Waals surface area contributed by atoms with Gasteiger partial charge in [-0.2, -0.15) is 0 Å². The number of carbonyl (C=O) groups is 1. The summed E-state index contributed by atoms with van der Waals surface area (Å²) in [7, 11) is 0. The van der Waals surface area contributed by atoms with Crippen molar-refractivity contribution >= 4 is 17.3 Å². The summed E-state index contributed by atoms with van der Waals surface area (Å²) in [6.45, 7) is 13.3. The molecule has 0 radical (unpaired) electrons. The van der Waals surface area contributed by atoms with Crippen LogP contribution in [0.1, 0.15) is 60.9 Å². The van der Waals surface area contributed by atoms with E-state index in [1.165, 1.54) is 17.0 Å². The van der Waals surface area contributed by atoms with Crippen molar-refractivity contribution in [3.05, 3.63) is 89.2 Å². The highest BCUT2D eigenvalue weighted by molar-refractivity contribution is 6.09. The number of phenolic OH excluding ortho intramolecular Hbond substituents is 1. The first-order valence-corrected chi connectivity index (χ1v) is 12.8. The van der Waals surface area contributed by atoms with Gasteiger partial charge in [0, 0.05) is 24.0 Å². The van der Waals surface area contributed by atoms with Gasteiger partial charge in [0.2, 0.25) is 0 Å². The fraction of sp³-hybridized carbons (Fsp3) is 0.333. The number of nitrogens with zero attached hydrogens (tertiary/aromatic N) is 2. The predicted octanol–water partition coefficient (Wildman–Crippen LogP) is 6.56. The number of anilines is 2. The molecule has 1 aromatic heterocycles. The highest BCUT2D eigenvalue weighted by Crippen LogP contribution is 2.50. The minimum Gasteiger partial charge on any atom is -0.506 e. The van der Waals surface area contributed by atoms with E-state index in [1.807, 2.05) is 0 Å². The first kappa shape index (κ1) is 26.3. The van der Waals surface area contributed by atoms with Crippen molar-refractivity contribution < 1.29 is 28.2 Å². The summed E-state index contributed by atoms with van der Waals surface area (Å²) in [4.78, 5) is 20.0. The number of amides is 1. The normalized spacial score (nSPS) is 18.7. The number of phenols is 1. The SMILES string of the molecule is C=CC(C)Oc1ccc(C2C3=C(CC(C)(C)CO3)Nc3c(O)cccc3N2C(=O)c2nc(C)oc2C)c(F)c1.